The van der Waals surface area contributed by atoms with Crippen LogP contribution in [0.2, 0.25) is 0 Å². The Morgan fingerprint density at radius 3 is 2.29 bits per heavy atom. The molecule has 4 rings (SSSR count). The number of carbonyl (C=O) groups is 1. The fourth-order valence-electron chi connectivity index (χ4n) is 4.16. The van der Waals surface area contributed by atoms with Crippen molar-refractivity contribution in [3.05, 3.63) is 62.4 Å². The van der Waals surface area contributed by atoms with Gasteiger partial charge >= 0.3 is 5.69 Å². The molecular formula is C21H21N3O4. The summed E-state index contributed by atoms with van der Waals surface area (Å²) in [4.78, 5) is 41.7. The first-order chi connectivity index (χ1) is 13.2. The number of aromatic nitrogens is 3. The van der Waals surface area contributed by atoms with Gasteiger partial charge in [-0.1, -0.05) is 44.2 Å². The van der Waals surface area contributed by atoms with Gasteiger partial charge in [-0.3, -0.25) is 19.6 Å². The number of hydrogen-bond donors (Lipinski definition) is 3. The molecule has 2 aromatic heterocycles. The summed E-state index contributed by atoms with van der Waals surface area (Å²) in [5, 5.41) is 10.4. The average Bonchev–Trinajstić information content (AvgIpc) is 2.86. The first kappa shape index (κ1) is 18.0. The summed E-state index contributed by atoms with van der Waals surface area (Å²) in [6.07, 6.45) is 1.000. The van der Waals surface area contributed by atoms with Crippen LogP contribution in [0.1, 0.15) is 36.3 Å². The van der Waals surface area contributed by atoms with Crippen molar-refractivity contribution in [2.75, 3.05) is 0 Å². The molecule has 0 amide bonds. The minimum atomic E-state index is -0.801. The lowest BCUT2D eigenvalue weighted by molar-refractivity contribution is 0.0911. The third-order valence-corrected chi connectivity index (χ3v) is 5.30. The Bertz CT molecular complexity index is 1210. The summed E-state index contributed by atoms with van der Waals surface area (Å²) in [6, 6.07) is 9.39. The summed E-state index contributed by atoms with van der Waals surface area (Å²) in [6.45, 7) is 4.07. The number of aromatic amines is 2. The minimum Gasteiger partial charge on any atom is -0.494 e. The Balaban J connectivity index is 2.16. The fraction of sp³-hybridized carbons (Fsp3) is 0.286. The molecule has 0 unspecified atom stereocenters. The molecule has 7 heteroatoms. The van der Waals surface area contributed by atoms with E-state index in [2.05, 4.69) is 9.97 Å². The normalized spacial score (nSPS) is 15.5. The smallest absolute Gasteiger partial charge is 0.328 e. The first-order valence-electron chi connectivity index (χ1n) is 9.06. The quantitative estimate of drug-likeness (QED) is 0.636. The molecule has 144 valence electrons. The number of H-pyrrole nitrogens is 2. The molecule has 0 atom stereocenters. The molecule has 0 saturated carbocycles. The lowest BCUT2D eigenvalue weighted by Crippen LogP contribution is -2.28. The summed E-state index contributed by atoms with van der Waals surface area (Å²) >= 11 is 0. The van der Waals surface area contributed by atoms with E-state index >= 15 is 0 Å². The zero-order valence-electron chi connectivity index (χ0n) is 15.9. The number of rotatable bonds is 2. The van der Waals surface area contributed by atoms with E-state index in [0.717, 1.165) is 11.3 Å². The second-order valence-corrected chi connectivity index (χ2v) is 8.04. The molecule has 2 heterocycles. The van der Waals surface area contributed by atoms with E-state index in [1.807, 2.05) is 55.8 Å². The maximum atomic E-state index is 13.1. The molecule has 0 saturated heterocycles. The Morgan fingerprint density at radius 2 is 1.64 bits per heavy atom. The largest absolute Gasteiger partial charge is 0.494 e. The van der Waals surface area contributed by atoms with Crippen LogP contribution < -0.4 is 11.2 Å². The van der Waals surface area contributed by atoms with Gasteiger partial charge < -0.3 is 9.67 Å². The number of nitrogens with one attached hydrogen (secondary N) is 2. The number of benzene rings is 1. The Kier molecular flexibility index (Phi) is 3.92. The zero-order valence-corrected chi connectivity index (χ0v) is 15.9. The van der Waals surface area contributed by atoms with Crippen LogP contribution in [0.4, 0.5) is 0 Å². The molecule has 3 N–H and O–H groups in total. The van der Waals surface area contributed by atoms with Crippen LogP contribution in [-0.2, 0) is 13.5 Å². The van der Waals surface area contributed by atoms with Crippen molar-refractivity contribution >= 4 is 5.78 Å². The van der Waals surface area contributed by atoms with Crippen molar-refractivity contribution in [2.45, 2.75) is 26.7 Å². The van der Waals surface area contributed by atoms with Crippen LogP contribution in [0.5, 0.6) is 5.88 Å². The Hall–Kier alpha value is -3.35. The molecule has 28 heavy (non-hydrogen) atoms. The number of aromatic hydroxyl groups is 1. The van der Waals surface area contributed by atoms with E-state index in [1.165, 1.54) is 0 Å². The van der Waals surface area contributed by atoms with Crippen molar-refractivity contribution in [1.29, 1.82) is 0 Å². The van der Waals surface area contributed by atoms with Gasteiger partial charge in [-0.15, -0.1) is 0 Å². The zero-order chi connectivity index (χ0) is 20.2. The van der Waals surface area contributed by atoms with Crippen molar-refractivity contribution < 1.29 is 9.90 Å². The van der Waals surface area contributed by atoms with Crippen LogP contribution in [0.3, 0.4) is 0 Å². The van der Waals surface area contributed by atoms with E-state index in [4.69, 9.17) is 0 Å². The third-order valence-electron chi connectivity index (χ3n) is 5.30. The van der Waals surface area contributed by atoms with Gasteiger partial charge in [-0.25, -0.2) is 4.79 Å². The standard InChI is InChI=1S/C21H21N3O4/c1-21(2)9-12-14(13(25)10-21)15(16-18(26)22-20(28)23-19(16)27)17(24(12)3)11-7-5-4-6-8-11/h4-8H,9-10H2,1-3H3,(H3,22,23,26,27,28). The van der Waals surface area contributed by atoms with Crippen molar-refractivity contribution in [1.82, 2.24) is 14.5 Å². The molecule has 0 fully saturated rings. The number of Topliss-reactive ketones (excluding diaryl/α,β-unsaturated/α-hetero) is 1. The van der Waals surface area contributed by atoms with Crippen LogP contribution >= 0.6 is 0 Å². The Morgan fingerprint density at radius 1 is 0.964 bits per heavy atom. The highest BCUT2D eigenvalue weighted by molar-refractivity contribution is 6.08. The van der Waals surface area contributed by atoms with Crippen molar-refractivity contribution in [2.24, 2.45) is 12.5 Å². The molecule has 1 aliphatic rings. The summed E-state index contributed by atoms with van der Waals surface area (Å²) in [5.74, 6) is -0.624. The number of fused-ring (bicyclic) bond motifs is 1. The van der Waals surface area contributed by atoms with Gasteiger partial charge in [0.2, 0.25) is 5.88 Å². The van der Waals surface area contributed by atoms with Crippen LogP contribution in [0.15, 0.2) is 39.9 Å². The number of ketones is 1. The van der Waals surface area contributed by atoms with E-state index in [1.54, 1.807) is 0 Å². The SMILES string of the molecule is Cn1c2c(c(-c3c(O)[nH]c(=O)[nH]c3=O)c1-c1ccccc1)C(=O)CC(C)(C)C2. The third kappa shape index (κ3) is 2.70. The second kappa shape index (κ2) is 6.09. The van der Waals surface area contributed by atoms with Gasteiger partial charge in [0.25, 0.3) is 5.56 Å². The number of hydrogen-bond acceptors (Lipinski definition) is 4. The second-order valence-electron chi connectivity index (χ2n) is 8.04. The van der Waals surface area contributed by atoms with E-state index in [-0.39, 0.29) is 16.8 Å². The molecule has 0 radical (unpaired) electrons. The summed E-state index contributed by atoms with van der Waals surface area (Å²) < 4.78 is 1.92. The minimum absolute atomic E-state index is 0.0796. The topological polar surface area (TPSA) is 108 Å². The number of nitrogens with zero attached hydrogens (tertiary/aromatic N) is 1. The molecule has 1 aliphatic carbocycles. The average molecular weight is 379 g/mol. The monoisotopic (exact) mass is 379 g/mol. The van der Waals surface area contributed by atoms with Gasteiger partial charge in [0.05, 0.1) is 5.69 Å². The maximum Gasteiger partial charge on any atom is 0.328 e. The van der Waals surface area contributed by atoms with Gasteiger partial charge in [-0.05, 0) is 17.4 Å². The molecule has 3 aromatic rings. The molecule has 1 aromatic carbocycles. The van der Waals surface area contributed by atoms with Gasteiger partial charge in [0, 0.05) is 30.3 Å². The van der Waals surface area contributed by atoms with Crippen molar-refractivity contribution in [3.8, 4) is 28.3 Å². The molecule has 0 aliphatic heterocycles. The van der Waals surface area contributed by atoms with Gasteiger partial charge in [0.15, 0.2) is 5.78 Å². The Labute approximate surface area is 160 Å². The van der Waals surface area contributed by atoms with E-state index < -0.39 is 17.1 Å². The summed E-state index contributed by atoms with van der Waals surface area (Å²) in [5.41, 5.74) is 1.25. The summed E-state index contributed by atoms with van der Waals surface area (Å²) in [7, 11) is 1.86. The van der Waals surface area contributed by atoms with Gasteiger partial charge in [0.1, 0.15) is 5.56 Å². The van der Waals surface area contributed by atoms with Crippen molar-refractivity contribution in [3.63, 3.8) is 0 Å². The van der Waals surface area contributed by atoms with E-state index in [9.17, 15) is 19.5 Å². The maximum absolute atomic E-state index is 13.1. The molecular weight excluding hydrogens is 358 g/mol. The molecule has 7 nitrogen and oxygen atoms in total. The molecule has 0 bridgehead atoms. The number of carbonyl (C=O) groups excluding carboxylic acids is 1. The lowest BCUT2D eigenvalue weighted by atomic mass is 9.75. The highest BCUT2D eigenvalue weighted by atomic mass is 16.3. The molecule has 0 spiro atoms. The van der Waals surface area contributed by atoms with Gasteiger partial charge in [-0.2, -0.15) is 0 Å². The fourth-order valence-corrected chi connectivity index (χ4v) is 4.16. The predicted molar refractivity (Wildman–Crippen MR) is 106 cm³/mol. The predicted octanol–water partition coefficient (Wildman–Crippen LogP) is 2.60. The first-order valence-corrected chi connectivity index (χ1v) is 9.06. The van der Waals surface area contributed by atoms with E-state index in [0.29, 0.717) is 29.7 Å². The highest BCUT2D eigenvalue weighted by Crippen LogP contribution is 2.45. The lowest BCUT2D eigenvalue weighted by Gasteiger charge is -2.29. The van der Waals surface area contributed by atoms with Crippen LogP contribution in [-0.4, -0.2) is 25.4 Å². The highest BCUT2D eigenvalue weighted by Gasteiger charge is 2.38. The van der Waals surface area contributed by atoms with Crippen LogP contribution in [0.25, 0.3) is 22.4 Å². The van der Waals surface area contributed by atoms with Crippen LogP contribution in [0, 0.1) is 5.41 Å².